The first-order chi connectivity index (χ1) is 6.26. The number of hydrogen-bond acceptors (Lipinski definition) is 3. The Hall–Kier alpha value is -0.120. The van der Waals surface area contributed by atoms with Gasteiger partial charge in [-0.3, -0.25) is 0 Å². The maximum Gasteiger partial charge on any atom is 0.0826 e. The van der Waals surface area contributed by atoms with Crippen LogP contribution in [-0.2, 0) is 4.74 Å². The topological polar surface area (TPSA) is 24.5 Å². The van der Waals surface area contributed by atoms with Crippen LogP contribution in [0.4, 0.5) is 0 Å². The van der Waals surface area contributed by atoms with Crippen molar-refractivity contribution in [1.29, 1.82) is 0 Å². The summed E-state index contributed by atoms with van der Waals surface area (Å²) < 4.78 is 5.72. The van der Waals surface area contributed by atoms with Crippen LogP contribution in [0, 0.1) is 0 Å². The maximum absolute atomic E-state index is 5.72. The van der Waals surface area contributed by atoms with E-state index in [-0.39, 0.29) is 0 Å². The van der Waals surface area contributed by atoms with Crippen LogP contribution in [0.2, 0.25) is 0 Å². The van der Waals surface area contributed by atoms with E-state index in [4.69, 9.17) is 4.74 Å². The Morgan fingerprint density at radius 1 is 1.38 bits per heavy atom. The molecule has 2 atom stereocenters. The molecule has 78 valence electrons. The summed E-state index contributed by atoms with van der Waals surface area (Å²) in [5.74, 6) is 0. The number of nitrogens with one attached hydrogen (secondary N) is 1. The molecule has 1 N–H and O–H groups in total. The quantitative estimate of drug-likeness (QED) is 0.699. The summed E-state index contributed by atoms with van der Waals surface area (Å²) in [5.41, 5.74) is 0. The van der Waals surface area contributed by atoms with Gasteiger partial charge in [-0.25, -0.2) is 0 Å². The summed E-state index contributed by atoms with van der Waals surface area (Å²) in [7, 11) is 0. The van der Waals surface area contributed by atoms with E-state index in [1.165, 1.54) is 0 Å². The molecule has 0 bridgehead atoms. The molecule has 0 radical (unpaired) electrons. The van der Waals surface area contributed by atoms with Gasteiger partial charge in [0.1, 0.15) is 0 Å². The number of hydrogen-bond donors (Lipinski definition) is 1. The number of rotatable bonds is 4. The zero-order chi connectivity index (χ0) is 9.68. The van der Waals surface area contributed by atoms with Gasteiger partial charge in [0.25, 0.3) is 0 Å². The van der Waals surface area contributed by atoms with E-state index in [1.807, 2.05) is 0 Å². The molecule has 1 rings (SSSR count). The molecule has 13 heavy (non-hydrogen) atoms. The monoisotopic (exact) mass is 186 g/mol. The van der Waals surface area contributed by atoms with Crippen molar-refractivity contribution in [2.75, 3.05) is 32.8 Å². The number of ether oxygens (including phenoxy) is 1. The van der Waals surface area contributed by atoms with Crippen molar-refractivity contribution in [3.05, 3.63) is 0 Å². The van der Waals surface area contributed by atoms with E-state index in [0.29, 0.717) is 12.1 Å². The summed E-state index contributed by atoms with van der Waals surface area (Å²) in [6, 6.07) is 0.521. The highest BCUT2D eigenvalue weighted by Gasteiger charge is 2.19. The first-order valence-corrected chi connectivity index (χ1v) is 5.33. The lowest BCUT2D eigenvalue weighted by Gasteiger charge is -2.31. The van der Waals surface area contributed by atoms with E-state index in [1.54, 1.807) is 0 Å². The zero-order valence-electron chi connectivity index (χ0n) is 9.05. The van der Waals surface area contributed by atoms with E-state index in [0.717, 1.165) is 32.8 Å². The third kappa shape index (κ3) is 3.63. The van der Waals surface area contributed by atoms with E-state index in [2.05, 4.69) is 31.0 Å². The maximum atomic E-state index is 5.72. The highest BCUT2D eigenvalue weighted by molar-refractivity contribution is 4.75. The highest BCUT2D eigenvalue weighted by Crippen LogP contribution is 2.03. The molecule has 0 aromatic heterocycles. The van der Waals surface area contributed by atoms with Crippen LogP contribution in [0.1, 0.15) is 20.8 Å². The highest BCUT2D eigenvalue weighted by atomic mass is 16.5. The van der Waals surface area contributed by atoms with Crippen LogP contribution < -0.4 is 5.32 Å². The molecule has 1 fully saturated rings. The predicted octanol–water partition coefficient (Wildman–Crippen LogP) is 0.705. The lowest BCUT2D eigenvalue weighted by atomic mass is 10.2. The summed E-state index contributed by atoms with van der Waals surface area (Å²) in [6.07, 6.45) is 0.385. The van der Waals surface area contributed by atoms with Gasteiger partial charge in [-0.2, -0.15) is 0 Å². The van der Waals surface area contributed by atoms with Crippen molar-refractivity contribution in [2.45, 2.75) is 32.9 Å². The van der Waals surface area contributed by atoms with Gasteiger partial charge in [-0.15, -0.1) is 0 Å². The molecule has 1 aliphatic rings. The van der Waals surface area contributed by atoms with E-state index in [9.17, 15) is 0 Å². The van der Waals surface area contributed by atoms with Gasteiger partial charge in [-0.1, -0.05) is 13.8 Å². The van der Waals surface area contributed by atoms with Crippen LogP contribution >= 0.6 is 0 Å². The Balaban J connectivity index is 2.21. The third-order valence-electron chi connectivity index (χ3n) is 2.63. The second kappa shape index (κ2) is 5.58. The first kappa shape index (κ1) is 11.0. The molecule has 1 heterocycles. The van der Waals surface area contributed by atoms with Gasteiger partial charge < -0.3 is 15.0 Å². The Morgan fingerprint density at radius 3 is 2.54 bits per heavy atom. The smallest absolute Gasteiger partial charge is 0.0826 e. The minimum Gasteiger partial charge on any atom is -0.374 e. The Labute approximate surface area is 81.4 Å². The second-order valence-electron chi connectivity index (χ2n) is 3.75. The Kier molecular flexibility index (Phi) is 4.70. The molecule has 3 heteroatoms. The number of likely N-dealkylation sites (N-methyl/N-ethyl adjacent to an activating group) is 1. The number of morpholine rings is 1. The van der Waals surface area contributed by atoms with Crippen LogP contribution in [-0.4, -0.2) is 49.8 Å². The SMILES string of the molecule is CCN(CC)C[C@H]1CN[C@H](C)CO1. The first-order valence-electron chi connectivity index (χ1n) is 5.33. The Bertz CT molecular complexity index is 129. The molecule has 0 aliphatic carbocycles. The zero-order valence-corrected chi connectivity index (χ0v) is 9.05. The molecule has 0 amide bonds. The molecule has 0 aromatic carbocycles. The molecular weight excluding hydrogens is 164 g/mol. The molecule has 1 aliphatic heterocycles. The van der Waals surface area contributed by atoms with Crippen LogP contribution in [0.15, 0.2) is 0 Å². The van der Waals surface area contributed by atoms with Gasteiger partial charge in [-0.05, 0) is 20.0 Å². The van der Waals surface area contributed by atoms with Gasteiger partial charge >= 0.3 is 0 Å². The van der Waals surface area contributed by atoms with E-state index >= 15 is 0 Å². The van der Waals surface area contributed by atoms with Gasteiger partial charge in [0.2, 0.25) is 0 Å². The van der Waals surface area contributed by atoms with Gasteiger partial charge in [0, 0.05) is 19.1 Å². The molecule has 1 saturated heterocycles. The summed E-state index contributed by atoms with van der Waals surface area (Å²) in [5, 5.41) is 3.43. The lowest BCUT2D eigenvalue weighted by molar-refractivity contribution is -0.00997. The minimum atomic E-state index is 0.385. The van der Waals surface area contributed by atoms with Gasteiger partial charge in [0.05, 0.1) is 12.7 Å². The molecule has 0 aromatic rings. The minimum absolute atomic E-state index is 0.385. The lowest BCUT2D eigenvalue weighted by Crippen LogP contribution is -2.49. The van der Waals surface area contributed by atoms with Gasteiger partial charge in [0.15, 0.2) is 0 Å². The van der Waals surface area contributed by atoms with Crippen molar-refractivity contribution in [3.63, 3.8) is 0 Å². The largest absolute Gasteiger partial charge is 0.374 e. The van der Waals surface area contributed by atoms with Crippen molar-refractivity contribution in [1.82, 2.24) is 10.2 Å². The molecule has 3 nitrogen and oxygen atoms in total. The average Bonchev–Trinajstić information content (AvgIpc) is 2.17. The van der Waals surface area contributed by atoms with E-state index < -0.39 is 0 Å². The van der Waals surface area contributed by atoms with Crippen molar-refractivity contribution >= 4 is 0 Å². The standard InChI is InChI=1S/C10H22N2O/c1-4-12(5-2)7-10-6-11-9(3)8-13-10/h9-11H,4-8H2,1-3H3/t9-,10-/m1/s1. The summed E-state index contributed by atoms with van der Waals surface area (Å²) >= 11 is 0. The fourth-order valence-corrected chi connectivity index (χ4v) is 1.62. The molecule has 0 saturated carbocycles. The fraction of sp³-hybridized carbons (Fsp3) is 1.00. The van der Waals surface area contributed by atoms with Crippen molar-refractivity contribution in [3.8, 4) is 0 Å². The van der Waals surface area contributed by atoms with Crippen molar-refractivity contribution in [2.24, 2.45) is 0 Å². The summed E-state index contributed by atoms with van der Waals surface area (Å²) in [6.45, 7) is 11.7. The Morgan fingerprint density at radius 2 is 2.08 bits per heavy atom. The molecule has 0 spiro atoms. The molecule has 0 unspecified atom stereocenters. The van der Waals surface area contributed by atoms with Crippen molar-refractivity contribution < 1.29 is 4.74 Å². The normalized spacial score (nSPS) is 29.5. The van der Waals surface area contributed by atoms with Crippen LogP contribution in [0.25, 0.3) is 0 Å². The summed E-state index contributed by atoms with van der Waals surface area (Å²) in [4.78, 5) is 2.41. The molecular formula is C10H22N2O. The number of nitrogens with zero attached hydrogens (tertiary/aromatic N) is 1. The van der Waals surface area contributed by atoms with Crippen LogP contribution in [0.3, 0.4) is 0 Å². The fourth-order valence-electron chi connectivity index (χ4n) is 1.62. The van der Waals surface area contributed by atoms with Crippen LogP contribution in [0.5, 0.6) is 0 Å². The second-order valence-corrected chi connectivity index (χ2v) is 3.75. The predicted molar refractivity (Wildman–Crippen MR) is 55.0 cm³/mol. The average molecular weight is 186 g/mol. The third-order valence-corrected chi connectivity index (χ3v) is 2.63.